The SMILES string of the molecule is Cc1cccc(-c2ncsn2)c1. The molecule has 0 aliphatic rings. The van der Waals surface area contributed by atoms with Crippen LogP contribution in [0.5, 0.6) is 0 Å². The Morgan fingerprint density at radius 1 is 1.33 bits per heavy atom. The molecular weight excluding hydrogens is 168 g/mol. The zero-order chi connectivity index (χ0) is 8.39. The Bertz CT molecular complexity index is 368. The number of rotatable bonds is 1. The Morgan fingerprint density at radius 3 is 2.92 bits per heavy atom. The molecule has 3 heteroatoms. The average Bonchev–Trinajstić information content (AvgIpc) is 2.56. The molecule has 0 N–H and O–H groups in total. The number of aryl methyl sites for hydroxylation is 1. The van der Waals surface area contributed by atoms with Crippen molar-refractivity contribution in [3.8, 4) is 11.4 Å². The van der Waals surface area contributed by atoms with Gasteiger partial charge >= 0.3 is 0 Å². The van der Waals surface area contributed by atoms with Crippen molar-refractivity contribution >= 4 is 11.5 Å². The van der Waals surface area contributed by atoms with E-state index in [4.69, 9.17) is 0 Å². The molecule has 0 fully saturated rings. The van der Waals surface area contributed by atoms with E-state index >= 15 is 0 Å². The molecule has 1 aromatic carbocycles. The Kier molecular flexibility index (Phi) is 1.87. The van der Waals surface area contributed by atoms with Crippen LogP contribution in [0.4, 0.5) is 0 Å². The molecule has 0 aliphatic heterocycles. The van der Waals surface area contributed by atoms with Gasteiger partial charge in [0.2, 0.25) is 0 Å². The van der Waals surface area contributed by atoms with Gasteiger partial charge in [-0.1, -0.05) is 23.8 Å². The van der Waals surface area contributed by atoms with E-state index in [0.29, 0.717) is 0 Å². The fraction of sp³-hybridized carbons (Fsp3) is 0.111. The molecule has 0 spiro atoms. The highest BCUT2D eigenvalue weighted by atomic mass is 32.1. The van der Waals surface area contributed by atoms with E-state index in [1.165, 1.54) is 17.1 Å². The summed E-state index contributed by atoms with van der Waals surface area (Å²) in [6.45, 7) is 2.07. The van der Waals surface area contributed by atoms with E-state index in [1.54, 1.807) is 5.51 Å². The number of nitrogens with zero attached hydrogens (tertiary/aromatic N) is 2. The molecule has 0 saturated carbocycles. The molecule has 0 atom stereocenters. The van der Waals surface area contributed by atoms with Crippen molar-refractivity contribution < 1.29 is 0 Å². The smallest absolute Gasteiger partial charge is 0.172 e. The minimum absolute atomic E-state index is 0.823. The van der Waals surface area contributed by atoms with E-state index in [9.17, 15) is 0 Å². The van der Waals surface area contributed by atoms with Gasteiger partial charge < -0.3 is 0 Å². The monoisotopic (exact) mass is 176 g/mol. The zero-order valence-corrected chi connectivity index (χ0v) is 7.51. The van der Waals surface area contributed by atoms with Gasteiger partial charge in [0.05, 0.1) is 0 Å². The Balaban J connectivity index is 2.48. The van der Waals surface area contributed by atoms with Gasteiger partial charge in [-0.15, -0.1) is 0 Å². The minimum Gasteiger partial charge on any atom is -0.223 e. The van der Waals surface area contributed by atoms with Gasteiger partial charge in [-0.2, -0.15) is 4.37 Å². The highest BCUT2D eigenvalue weighted by Gasteiger charge is 1.99. The Morgan fingerprint density at radius 2 is 2.25 bits per heavy atom. The lowest BCUT2D eigenvalue weighted by molar-refractivity contribution is 1.31. The maximum absolute atomic E-state index is 4.16. The maximum atomic E-state index is 4.16. The third-order valence-corrected chi connectivity index (χ3v) is 2.12. The number of aromatic nitrogens is 2. The first kappa shape index (κ1) is 7.43. The minimum atomic E-state index is 0.823. The van der Waals surface area contributed by atoms with Crippen molar-refractivity contribution in [2.45, 2.75) is 6.92 Å². The lowest BCUT2D eigenvalue weighted by Crippen LogP contribution is -1.80. The van der Waals surface area contributed by atoms with Crippen molar-refractivity contribution in [3.05, 3.63) is 35.3 Å². The second kappa shape index (κ2) is 3.03. The zero-order valence-electron chi connectivity index (χ0n) is 6.69. The number of hydrogen-bond donors (Lipinski definition) is 0. The van der Waals surface area contributed by atoms with Crippen LogP contribution in [0.1, 0.15) is 5.56 Å². The third kappa shape index (κ3) is 1.36. The summed E-state index contributed by atoms with van der Waals surface area (Å²) >= 11 is 1.38. The van der Waals surface area contributed by atoms with Crippen LogP contribution in [-0.2, 0) is 0 Å². The molecule has 12 heavy (non-hydrogen) atoms. The Hall–Kier alpha value is -1.22. The lowest BCUT2D eigenvalue weighted by Gasteiger charge is -1.95. The van der Waals surface area contributed by atoms with Crippen LogP contribution in [0.25, 0.3) is 11.4 Å². The maximum Gasteiger partial charge on any atom is 0.172 e. The molecule has 0 bridgehead atoms. The van der Waals surface area contributed by atoms with Crippen LogP contribution in [0.2, 0.25) is 0 Å². The molecule has 0 amide bonds. The summed E-state index contributed by atoms with van der Waals surface area (Å²) in [6.07, 6.45) is 0. The first-order chi connectivity index (χ1) is 5.86. The van der Waals surface area contributed by atoms with Gasteiger partial charge in [0.25, 0.3) is 0 Å². The van der Waals surface area contributed by atoms with E-state index < -0.39 is 0 Å². The predicted octanol–water partition coefficient (Wildman–Crippen LogP) is 2.51. The van der Waals surface area contributed by atoms with E-state index in [2.05, 4.69) is 28.4 Å². The van der Waals surface area contributed by atoms with Crippen molar-refractivity contribution in [2.75, 3.05) is 0 Å². The lowest BCUT2D eigenvalue weighted by atomic mass is 10.1. The third-order valence-electron chi connectivity index (χ3n) is 1.64. The second-order valence-corrected chi connectivity index (χ2v) is 3.23. The van der Waals surface area contributed by atoms with Crippen LogP contribution in [0, 0.1) is 6.92 Å². The summed E-state index contributed by atoms with van der Waals surface area (Å²) in [5.74, 6) is 0.823. The molecule has 60 valence electrons. The van der Waals surface area contributed by atoms with Gasteiger partial charge in [-0.25, -0.2) is 4.98 Å². The summed E-state index contributed by atoms with van der Waals surface area (Å²) < 4.78 is 4.16. The molecule has 2 nitrogen and oxygen atoms in total. The van der Waals surface area contributed by atoms with Gasteiger partial charge in [-0.05, 0) is 24.5 Å². The highest BCUT2D eigenvalue weighted by Crippen LogP contribution is 2.16. The predicted molar refractivity (Wildman–Crippen MR) is 50.1 cm³/mol. The van der Waals surface area contributed by atoms with Gasteiger partial charge in [-0.3, -0.25) is 0 Å². The molecular formula is C9H8N2S. The van der Waals surface area contributed by atoms with Gasteiger partial charge in [0, 0.05) is 5.56 Å². The van der Waals surface area contributed by atoms with Crippen LogP contribution in [-0.4, -0.2) is 9.36 Å². The summed E-state index contributed by atoms with van der Waals surface area (Å²) in [6, 6.07) is 8.19. The average molecular weight is 176 g/mol. The first-order valence-corrected chi connectivity index (χ1v) is 4.53. The quantitative estimate of drug-likeness (QED) is 0.667. The topological polar surface area (TPSA) is 25.8 Å². The summed E-state index contributed by atoms with van der Waals surface area (Å²) in [5.41, 5.74) is 4.08. The van der Waals surface area contributed by atoms with Crippen LogP contribution < -0.4 is 0 Å². The molecule has 0 aliphatic carbocycles. The normalized spacial score (nSPS) is 10.1. The van der Waals surface area contributed by atoms with Gasteiger partial charge in [0.15, 0.2) is 5.82 Å². The largest absolute Gasteiger partial charge is 0.223 e. The Labute approximate surface area is 75.1 Å². The van der Waals surface area contributed by atoms with Crippen LogP contribution in [0.3, 0.4) is 0 Å². The molecule has 0 saturated heterocycles. The summed E-state index contributed by atoms with van der Waals surface area (Å²) in [5, 5.41) is 0. The molecule has 1 aromatic heterocycles. The summed E-state index contributed by atoms with van der Waals surface area (Å²) in [7, 11) is 0. The van der Waals surface area contributed by atoms with Gasteiger partial charge in [0.1, 0.15) is 5.51 Å². The van der Waals surface area contributed by atoms with Crippen LogP contribution in [0.15, 0.2) is 29.8 Å². The molecule has 0 unspecified atom stereocenters. The van der Waals surface area contributed by atoms with E-state index in [-0.39, 0.29) is 0 Å². The molecule has 1 heterocycles. The summed E-state index contributed by atoms with van der Waals surface area (Å²) in [4.78, 5) is 4.14. The fourth-order valence-corrected chi connectivity index (χ4v) is 1.53. The van der Waals surface area contributed by atoms with E-state index in [0.717, 1.165) is 11.4 Å². The molecule has 2 rings (SSSR count). The standard InChI is InChI=1S/C9H8N2S/c1-7-3-2-4-8(5-7)9-10-6-12-11-9/h2-6H,1H3. The van der Waals surface area contributed by atoms with Crippen molar-refractivity contribution in [2.24, 2.45) is 0 Å². The number of hydrogen-bond acceptors (Lipinski definition) is 3. The first-order valence-electron chi connectivity index (χ1n) is 3.70. The number of benzene rings is 1. The fourth-order valence-electron chi connectivity index (χ4n) is 1.08. The highest BCUT2D eigenvalue weighted by molar-refractivity contribution is 7.03. The molecule has 0 radical (unpaired) electrons. The van der Waals surface area contributed by atoms with Crippen molar-refractivity contribution in [1.29, 1.82) is 0 Å². The van der Waals surface area contributed by atoms with Crippen LogP contribution >= 0.6 is 11.5 Å². The van der Waals surface area contributed by atoms with Crippen molar-refractivity contribution in [3.63, 3.8) is 0 Å². The molecule has 2 aromatic rings. The van der Waals surface area contributed by atoms with E-state index in [1.807, 2.05) is 12.1 Å². The van der Waals surface area contributed by atoms with Crippen molar-refractivity contribution in [1.82, 2.24) is 9.36 Å². The second-order valence-electron chi connectivity index (χ2n) is 2.62.